The first-order valence-electron chi connectivity index (χ1n) is 11.3. The minimum atomic E-state index is -0.373. The van der Waals surface area contributed by atoms with Gasteiger partial charge in [-0.3, -0.25) is 9.59 Å². The van der Waals surface area contributed by atoms with Crippen LogP contribution in [0.4, 0.5) is 5.82 Å². The summed E-state index contributed by atoms with van der Waals surface area (Å²) in [6.07, 6.45) is 0. The number of hydrogen-bond acceptors (Lipinski definition) is 5. The number of carbonyl (C=O) groups is 2. The predicted molar refractivity (Wildman–Crippen MR) is 142 cm³/mol. The minimum Gasteiger partial charge on any atom is -0.497 e. The predicted octanol–water partition coefficient (Wildman–Crippen LogP) is 5.59. The van der Waals surface area contributed by atoms with Crippen molar-refractivity contribution in [1.82, 2.24) is 14.7 Å². The normalized spacial score (nSPS) is 11.2. The molecule has 3 aromatic rings. The van der Waals surface area contributed by atoms with Crippen LogP contribution in [0.2, 0.25) is 10.0 Å². The molecule has 0 unspecified atom stereocenters. The van der Waals surface area contributed by atoms with E-state index in [-0.39, 0.29) is 23.8 Å². The summed E-state index contributed by atoms with van der Waals surface area (Å²) in [5.41, 5.74) is 1.51. The summed E-state index contributed by atoms with van der Waals surface area (Å²) in [5, 5.41) is 8.37. The first-order chi connectivity index (χ1) is 17.0. The third-order valence-electron chi connectivity index (χ3n) is 5.49. The van der Waals surface area contributed by atoms with Gasteiger partial charge in [0.15, 0.2) is 0 Å². The van der Waals surface area contributed by atoms with Gasteiger partial charge in [-0.2, -0.15) is 5.10 Å². The number of nitrogens with zero attached hydrogens (tertiary/aromatic N) is 3. The van der Waals surface area contributed by atoms with Crippen LogP contribution < -0.4 is 14.8 Å². The summed E-state index contributed by atoms with van der Waals surface area (Å²) < 4.78 is 12.1. The quantitative estimate of drug-likeness (QED) is 0.408. The molecule has 0 aliphatic heterocycles. The van der Waals surface area contributed by atoms with Crippen LogP contribution in [0.5, 0.6) is 11.5 Å². The second-order valence-electron chi connectivity index (χ2n) is 9.14. The average Bonchev–Trinajstić information content (AvgIpc) is 3.27. The van der Waals surface area contributed by atoms with E-state index in [1.54, 1.807) is 48.0 Å². The highest BCUT2D eigenvalue weighted by molar-refractivity contribution is 6.42. The molecule has 2 amide bonds. The molecule has 36 heavy (non-hydrogen) atoms. The lowest BCUT2D eigenvalue weighted by Gasteiger charge is -2.21. The van der Waals surface area contributed by atoms with E-state index < -0.39 is 0 Å². The van der Waals surface area contributed by atoms with Crippen LogP contribution in [-0.2, 0) is 10.2 Å². The van der Waals surface area contributed by atoms with Gasteiger partial charge in [-0.15, -0.1) is 0 Å². The van der Waals surface area contributed by atoms with E-state index in [0.29, 0.717) is 45.2 Å². The zero-order chi connectivity index (χ0) is 26.6. The summed E-state index contributed by atoms with van der Waals surface area (Å²) in [6, 6.07) is 11.8. The molecule has 0 spiro atoms. The van der Waals surface area contributed by atoms with Crippen LogP contribution >= 0.6 is 23.2 Å². The van der Waals surface area contributed by atoms with E-state index in [4.69, 9.17) is 32.7 Å². The van der Waals surface area contributed by atoms with Gasteiger partial charge in [0.1, 0.15) is 23.9 Å². The summed E-state index contributed by atoms with van der Waals surface area (Å²) in [4.78, 5) is 27.7. The molecule has 1 N–H and O–H groups in total. The molecule has 0 bridgehead atoms. The summed E-state index contributed by atoms with van der Waals surface area (Å²) >= 11 is 12.3. The van der Waals surface area contributed by atoms with Crippen LogP contribution in [-0.4, -0.2) is 53.8 Å². The first-order valence-corrected chi connectivity index (χ1v) is 12.1. The van der Waals surface area contributed by atoms with Crippen molar-refractivity contribution in [2.24, 2.45) is 0 Å². The fraction of sp³-hybridized carbons (Fsp3) is 0.346. The number of ether oxygens (including phenoxy) is 2. The average molecular weight is 533 g/mol. The van der Waals surface area contributed by atoms with Gasteiger partial charge in [-0.25, -0.2) is 4.68 Å². The SMILES string of the molecule is CCN(CC(=O)Nc1cc(C(C)(C)C)nn1-c1ccc(Cl)c(Cl)c1)C(=O)c1cc(OC)cc(OC)c1. The number of benzene rings is 2. The van der Waals surface area contributed by atoms with Gasteiger partial charge in [0.25, 0.3) is 5.91 Å². The molecule has 192 valence electrons. The molecule has 0 aliphatic rings. The van der Waals surface area contributed by atoms with Crippen molar-refractivity contribution in [3.8, 4) is 17.2 Å². The third kappa shape index (κ3) is 6.30. The summed E-state index contributed by atoms with van der Waals surface area (Å²) in [6.45, 7) is 8.05. The highest BCUT2D eigenvalue weighted by Crippen LogP contribution is 2.30. The molecule has 1 aromatic heterocycles. The standard InChI is InChI=1S/C26H30Cl2N4O4/c1-7-31(25(34)16-10-18(35-5)13-19(11-16)36-6)15-24(33)29-23-14-22(26(2,3)4)30-32(23)17-8-9-20(27)21(28)12-17/h8-14H,7,15H2,1-6H3,(H,29,33). The Morgan fingerprint density at radius 2 is 1.64 bits per heavy atom. The molecule has 0 radical (unpaired) electrons. The second kappa shape index (κ2) is 11.2. The molecule has 0 saturated carbocycles. The van der Waals surface area contributed by atoms with Gasteiger partial charge in [-0.1, -0.05) is 44.0 Å². The fourth-order valence-electron chi connectivity index (χ4n) is 3.45. The highest BCUT2D eigenvalue weighted by atomic mass is 35.5. The van der Waals surface area contributed by atoms with Gasteiger partial charge in [-0.05, 0) is 37.3 Å². The number of amides is 2. The topological polar surface area (TPSA) is 85.7 Å². The zero-order valence-electron chi connectivity index (χ0n) is 21.2. The van der Waals surface area contributed by atoms with Crippen molar-refractivity contribution < 1.29 is 19.1 Å². The number of likely N-dealkylation sites (N-methyl/N-ethyl adjacent to an activating group) is 1. The van der Waals surface area contributed by atoms with Gasteiger partial charge < -0.3 is 19.7 Å². The Morgan fingerprint density at radius 1 is 1.00 bits per heavy atom. The molecule has 2 aromatic carbocycles. The number of aromatic nitrogens is 2. The lowest BCUT2D eigenvalue weighted by molar-refractivity contribution is -0.116. The maximum absolute atomic E-state index is 13.2. The lowest BCUT2D eigenvalue weighted by Crippen LogP contribution is -2.38. The van der Waals surface area contributed by atoms with Gasteiger partial charge in [0, 0.05) is 29.7 Å². The van der Waals surface area contributed by atoms with Crippen molar-refractivity contribution in [3.63, 3.8) is 0 Å². The van der Waals surface area contributed by atoms with E-state index in [0.717, 1.165) is 5.69 Å². The van der Waals surface area contributed by atoms with Crippen molar-refractivity contribution in [1.29, 1.82) is 0 Å². The molecule has 1 heterocycles. The Balaban J connectivity index is 1.87. The van der Waals surface area contributed by atoms with E-state index in [9.17, 15) is 9.59 Å². The van der Waals surface area contributed by atoms with E-state index >= 15 is 0 Å². The van der Waals surface area contributed by atoms with Crippen LogP contribution in [0, 0.1) is 0 Å². The Hall–Kier alpha value is -3.23. The number of rotatable bonds is 8. The number of halogens is 2. The largest absolute Gasteiger partial charge is 0.497 e. The van der Waals surface area contributed by atoms with Crippen molar-refractivity contribution in [3.05, 3.63) is 63.8 Å². The molecule has 0 atom stereocenters. The number of anilines is 1. The Kier molecular flexibility index (Phi) is 8.53. The van der Waals surface area contributed by atoms with Gasteiger partial charge >= 0.3 is 0 Å². The van der Waals surface area contributed by atoms with Crippen LogP contribution in [0.1, 0.15) is 43.7 Å². The summed E-state index contributed by atoms with van der Waals surface area (Å²) in [5.74, 6) is 0.728. The molecule has 0 aliphatic carbocycles. The minimum absolute atomic E-state index is 0.160. The van der Waals surface area contributed by atoms with E-state index in [1.807, 2.05) is 26.8 Å². The smallest absolute Gasteiger partial charge is 0.254 e. The summed E-state index contributed by atoms with van der Waals surface area (Å²) in [7, 11) is 3.02. The third-order valence-corrected chi connectivity index (χ3v) is 6.23. The van der Waals surface area contributed by atoms with Gasteiger partial charge in [0.05, 0.1) is 35.6 Å². The van der Waals surface area contributed by atoms with Crippen LogP contribution in [0.15, 0.2) is 42.5 Å². The molecule has 10 heteroatoms. The maximum atomic E-state index is 13.2. The number of nitrogens with one attached hydrogen (secondary N) is 1. The van der Waals surface area contributed by atoms with Crippen molar-refractivity contribution >= 4 is 40.8 Å². The van der Waals surface area contributed by atoms with Crippen LogP contribution in [0.25, 0.3) is 5.69 Å². The lowest BCUT2D eigenvalue weighted by atomic mass is 9.92. The Labute approximate surface area is 221 Å². The Morgan fingerprint density at radius 3 is 2.17 bits per heavy atom. The second-order valence-corrected chi connectivity index (χ2v) is 9.96. The fourth-order valence-corrected chi connectivity index (χ4v) is 3.74. The van der Waals surface area contributed by atoms with Gasteiger partial charge in [0.2, 0.25) is 5.91 Å². The number of methoxy groups -OCH3 is 2. The van der Waals surface area contributed by atoms with E-state index in [1.165, 1.54) is 19.1 Å². The molecule has 3 rings (SSSR count). The first kappa shape index (κ1) is 27.4. The number of carbonyl (C=O) groups excluding carboxylic acids is 2. The van der Waals surface area contributed by atoms with Crippen LogP contribution in [0.3, 0.4) is 0 Å². The molecule has 8 nitrogen and oxygen atoms in total. The highest BCUT2D eigenvalue weighted by Gasteiger charge is 2.24. The monoisotopic (exact) mass is 532 g/mol. The number of hydrogen-bond donors (Lipinski definition) is 1. The van der Waals surface area contributed by atoms with E-state index in [2.05, 4.69) is 10.4 Å². The molecular formula is C26H30Cl2N4O4. The maximum Gasteiger partial charge on any atom is 0.254 e. The van der Waals surface area contributed by atoms with Crippen molar-refractivity contribution in [2.75, 3.05) is 32.6 Å². The zero-order valence-corrected chi connectivity index (χ0v) is 22.7. The molecular weight excluding hydrogens is 503 g/mol. The Bertz CT molecular complexity index is 1250. The van der Waals surface area contributed by atoms with Crippen molar-refractivity contribution in [2.45, 2.75) is 33.1 Å². The molecule has 0 fully saturated rings. The molecule has 0 saturated heterocycles.